The quantitative estimate of drug-likeness (QED) is 0.377. The van der Waals surface area contributed by atoms with Crippen LogP contribution in [0.25, 0.3) is 0 Å². The van der Waals surface area contributed by atoms with E-state index in [4.69, 9.17) is 0 Å². The molecule has 2 N–H and O–H groups in total. The average Bonchev–Trinajstić information content (AvgIpc) is 2.88. The van der Waals surface area contributed by atoms with Crippen LogP contribution in [-0.2, 0) is 16.4 Å². The maximum absolute atomic E-state index is 13.0. The lowest BCUT2D eigenvalue weighted by molar-refractivity contribution is 0.249. The number of rotatable bonds is 9. The number of nitrogens with zero attached hydrogens (tertiary/aromatic N) is 5. The first-order chi connectivity index (χ1) is 18.0. The van der Waals surface area contributed by atoms with Gasteiger partial charge in [-0.05, 0) is 85.7 Å². The Kier molecular flexibility index (Phi) is 8.74. The second-order valence-corrected chi connectivity index (χ2v) is 13.0. The van der Waals surface area contributed by atoms with Crippen LogP contribution in [0.5, 0.6) is 0 Å². The van der Waals surface area contributed by atoms with Crippen LogP contribution >= 0.6 is 15.9 Å². The number of halogens is 1. The van der Waals surface area contributed by atoms with Gasteiger partial charge in [-0.1, -0.05) is 0 Å². The summed E-state index contributed by atoms with van der Waals surface area (Å²) in [6.07, 6.45) is 6.67. The fourth-order valence-electron chi connectivity index (χ4n) is 4.42. The summed E-state index contributed by atoms with van der Waals surface area (Å²) in [5, 5.41) is 6.33. The van der Waals surface area contributed by atoms with Gasteiger partial charge in [-0.2, -0.15) is 4.98 Å². The zero-order chi connectivity index (χ0) is 27.4. The summed E-state index contributed by atoms with van der Waals surface area (Å²) < 4.78 is 25.1. The van der Waals surface area contributed by atoms with Crippen molar-refractivity contribution in [3.8, 4) is 0 Å². The monoisotopic (exact) mass is 603 g/mol. The summed E-state index contributed by atoms with van der Waals surface area (Å²) in [7, 11) is 1.09. The van der Waals surface area contributed by atoms with E-state index in [0.29, 0.717) is 28.0 Å². The number of nitrogens with one attached hydrogen (secondary N) is 2. The molecule has 3 aromatic rings. The molecule has 204 valence electrons. The van der Waals surface area contributed by atoms with E-state index in [1.54, 1.807) is 18.5 Å². The first-order valence-corrected chi connectivity index (χ1v) is 15.3. The molecule has 4 rings (SSSR count). The lowest BCUT2D eigenvalue weighted by atomic mass is 10.0. The maximum atomic E-state index is 13.0. The van der Waals surface area contributed by atoms with Crippen LogP contribution in [0.2, 0.25) is 0 Å². The Morgan fingerprint density at radius 2 is 1.79 bits per heavy atom. The van der Waals surface area contributed by atoms with Gasteiger partial charge in [-0.3, -0.25) is 4.79 Å². The number of aromatic nitrogens is 3. The Labute approximate surface area is 232 Å². The first-order valence-electron chi connectivity index (χ1n) is 12.5. The average molecular weight is 605 g/mol. The molecule has 1 saturated heterocycles. The Bertz CT molecular complexity index is 1430. The molecule has 0 saturated carbocycles. The molecule has 0 unspecified atom stereocenters. The molecule has 0 amide bonds. The molecule has 1 fully saturated rings. The molecular weight excluding hydrogens is 570 g/mol. The van der Waals surface area contributed by atoms with Crippen molar-refractivity contribution in [3.63, 3.8) is 0 Å². The van der Waals surface area contributed by atoms with E-state index in [1.165, 1.54) is 10.3 Å². The van der Waals surface area contributed by atoms with Crippen molar-refractivity contribution in [2.75, 3.05) is 54.7 Å². The Morgan fingerprint density at radius 3 is 2.42 bits per heavy atom. The summed E-state index contributed by atoms with van der Waals surface area (Å²) in [6.45, 7) is 3.96. The third-order valence-electron chi connectivity index (χ3n) is 6.75. The molecule has 38 heavy (non-hydrogen) atoms. The third-order valence-corrected chi connectivity index (χ3v) is 8.25. The molecule has 3 heterocycles. The van der Waals surface area contributed by atoms with Gasteiger partial charge in [0.2, 0.25) is 5.95 Å². The molecule has 2 aromatic heterocycles. The van der Waals surface area contributed by atoms with Crippen molar-refractivity contribution < 1.29 is 8.42 Å². The molecular formula is C26H34BrN7O3S. The highest BCUT2D eigenvalue weighted by atomic mass is 79.9. The van der Waals surface area contributed by atoms with Crippen LogP contribution in [0, 0.1) is 6.92 Å². The van der Waals surface area contributed by atoms with Gasteiger partial charge in [0, 0.05) is 55.7 Å². The second kappa shape index (κ2) is 11.8. The van der Waals surface area contributed by atoms with Gasteiger partial charge >= 0.3 is 0 Å². The minimum absolute atomic E-state index is 0.0774. The van der Waals surface area contributed by atoms with Crippen molar-refractivity contribution in [3.05, 3.63) is 63.1 Å². The molecule has 0 spiro atoms. The van der Waals surface area contributed by atoms with E-state index in [9.17, 15) is 13.2 Å². The topological polar surface area (TPSA) is 112 Å². The standard InChI is InChI=1S/C26H34BrN7O3S/c1-18-9-12-34(15-16-38(4,36)37)25(35)23(18)30-24-22(27)17-28-26(31-24)29-19-5-7-21(8-6-19)33-13-10-20(11-14-33)32(2)3/h5-9,12,17,20H,10-11,13-16H2,1-4H3,(H2,28,29,30,31). The van der Waals surface area contributed by atoms with Crippen LogP contribution in [-0.4, -0.2) is 73.1 Å². The van der Waals surface area contributed by atoms with Crippen LogP contribution in [0.15, 0.2) is 52.0 Å². The van der Waals surface area contributed by atoms with Gasteiger partial charge < -0.3 is 25.0 Å². The zero-order valence-electron chi connectivity index (χ0n) is 22.1. The van der Waals surface area contributed by atoms with E-state index in [2.05, 4.69) is 72.6 Å². The largest absolute Gasteiger partial charge is 0.371 e. The Morgan fingerprint density at radius 1 is 1.11 bits per heavy atom. The van der Waals surface area contributed by atoms with Crippen LogP contribution in [0.4, 0.5) is 28.8 Å². The minimum Gasteiger partial charge on any atom is -0.371 e. The number of piperidine rings is 1. The van der Waals surface area contributed by atoms with Crippen molar-refractivity contribution in [1.82, 2.24) is 19.4 Å². The van der Waals surface area contributed by atoms with Gasteiger partial charge in [0.1, 0.15) is 15.5 Å². The number of benzene rings is 1. The van der Waals surface area contributed by atoms with Gasteiger partial charge in [-0.15, -0.1) is 0 Å². The van der Waals surface area contributed by atoms with Gasteiger partial charge in [0.15, 0.2) is 5.82 Å². The van der Waals surface area contributed by atoms with E-state index in [1.807, 2.05) is 19.1 Å². The van der Waals surface area contributed by atoms with E-state index in [0.717, 1.165) is 43.4 Å². The summed E-state index contributed by atoms with van der Waals surface area (Å²) >= 11 is 3.45. The lowest BCUT2D eigenvalue weighted by Crippen LogP contribution is -2.41. The van der Waals surface area contributed by atoms with Crippen LogP contribution < -0.4 is 21.1 Å². The number of sulfone groups is 1. The van der Waals surface area contributed by atoms with Crippen molar-refractivity contribution >= 4 is 54.6 Å². The van der Waals surface area contributed by atoms with Crippen LogP contribution in [0.3, 0.4) is 0 Å². The highest BCUT2D eigenvalue weighted by molar-refractivity contribution is 9.10. The molecule has 0 bridgehead atoms. The number of hydrogen-bond donors (Lipinski definition) is 2. The smallest absolute Gasteiger partial charge is 0.274 e. The van der Waals surface area contributed by atoms with Crippen molar-refractivity contribution in [2.24, 2.45) is 0 Å². The summed E-state index contributed by atoms with van der Waals surface area (Å²) in [4.78, 5) is 26.7. The Hall–Kier alpha value is -2.96. The summed E-state index contributed by atoms with van der Waals surface area (Å²) in [6, 6.07) is 10.6. The minimum atomic E-state index is -3.20. The Balaban J connectivity index is 1.46. The fourth-order valence-corrected chi connectivity index (χ4v) is 5.23. The lowest BCUT2D eigenvalue weighted by Gasteiger charge is -2.36. The normalized spacial score (nSPS) is 14.6. The van der Waals surface area contributed by atoms with Gasteiger partial charge in [0.25, 0.3) is 5.56 Å². The summed E-state index contributed by atoms with van der Waals surface area (Å²) in [5.74, 6) is 0.679. The van der Waals surface area contributed by atoms with Crippen LogP contribution in [0.1, 0.15) is 18.4 Å². The number of anilines is 5. The molecule has 0 aliphatic carbocycles. The summed E-state index contributed by atoms with van der Waals surface area (Å²) in [5.41, 5.74) is 2.77. The number of aryl methyl sites for hydroxylation is 2. The molecule has 0 atom stereocenters. The van der Waals surface area contributed by atoms with Crippen molar-refractivity contribution in [1.29, 1.82) is 0 Å². The van der Waals surface area contributed by atoms with E-state index < -0.39 is 9.84 Å². The highest BCUT2D eigenvalue weighted by Crippen LogP contribution is 2.27. The van der Waals surface area contributed by atoms with Gasteiger partial charge in [-0.25, -0.2) is 13.4 Å². The van der Waals surface area contributed by atoms with Gasteiger partial charge in [0.05, 0.1) is 10.2 Å². The fraction of sp³-hybridized carbons (Fsp3) is 0.423. The SMILES string of the molecule is Cc1ccn(CCS(C)(=O)=O)c(=O)c1Nc1nc(Nc2ccc(N3CCC(N(C)C)CC3)cc2)ncc1Br. The first kappa shape index (κ1) is 28.1. The third kappa shape index (κ3) is 7.12. The van der Waals surface area contributed by atoms with E-state index >= 15 is 0 Å². The molecule has 1 aliphatic rings. The molecule has 1 aliphatic heterocycles. The zero-order valence-corrected chi connectivity index (χ0v) is 24.5. The molecule has 1 aromatic carbocycles. The second-order valence-electron chi connectivity index (χ2n) is 9.87. The van der Waals surface area contributed by atoms with Crippen molar-refractivity contribution in [2.45, 2.75) is 32.4 Å². The number of hydrogen-bond acceptors (Lipinski definition) is 9. The maximum Gasteiger partial charge on any atom is 0.274 e. The number of pyridine rings is 1. The van der Waals surface area contributed by atoms with E-state index in [-0.39, 0.29) is 17.9 Å². The molecule has 12 heteroatoms. The molecule has 0 radical (unpaired) electrons. The predicted molar refractivity (Wildman–Crippen MR) is 157 cm³/mol. The highest BCUT2D eigenvalue weighted by Gasteiger charge is 2.20. The molecule has 10 nitrogen and oxygen atoms in total. The predicted octanol–water partition coefficient (Wildman–Crippen LogP) is 3.77.